The molecule has 2 rings (SSSR count). The van der Waals surface area contributed by atoms with Crippen molar-refractivity contribution in [1.29, 1.82) is 0 Å². The molecule has 0 saturated heterocycles. The number of aromatic amines is 1. The zero-order chi connectivity index (χ0) is 13.0. The molecule has 0 spiro atoms. The summed E-state index contributed by atoms with van der Waals surface area (Å²) in [4.78, 5) is 13.3. The summed E-state index contributed by atoms with van der Waals surface area (Å²) < 4.78 is 0. The van der Waals surface area contributed by atoms with Crippen LogP contribution in [0, 0.1) is 0 Å². The number of aromatic hydroxyl groups is 2. The van der Waals surface area contributed by atoms with E-state index >= 15 is 0 Å². The van der Waals surface area contributed by atoms with Crippen LogP contribution >= 0.6 is 0 Å². The number of aromatic nitrogens is 3. The number of H-pyrrole nitrogens is 1. The second-order valence-electron chi connectivity index (χ2n) is 3.30. The zero-order valence-electron chi connectivity index (χ0n) is 9.03. The lowest BCUT2D eigenvalue weighted by atomic mass is 10.2. The van der Waals surface area contributed by atoms with Gasteiger partial charge >= 0.3 is 0 Å². The van der Waals surface area contributed by atoms with E-state index in [0.29, 0.717) is 5.56 Å². The van der Waals surface area contributed by atoms with Crippen LogP contribution in [0.5, 0.6) is 11.5 Å². The summed E-state index contributed by atoms with van der Waals surface area (Å²) in [6.45, 7) is 0. The Labute approximate surface area is 101 Å². The highest BCUT2D eigenvalue weighted by Gasteiger charge is 1.99. The first-order chi connectivity index (χ1) is 8.65. The first-order valence-electron chi connectivity index (χ1n) is 4.88. The summed E-state index contributed by atoms with van der Waals surface area (Å²) in [6, 6.07) is 4.08. The molecule has 1 aromatic heterocycles. The second kappa shape index (κ2) is 4.95. The van der Waals surface area contributed by atoms with Crippen LogP contribution in [0.25, 0.3) is 0 Å². The van der Waals surface area contributed by atoms with E-state index in [1.807, 2.05) is 0 Å². The summed E-state index contributed by atoms with van der Waals surface area (Å²) in [7, 11) is 0. The number of hydrogen-bond acceptors (Lipinski definition) is 7. The maximum Gasteiger partial charge on any atom is 0.271 e. The van der Waals surface area contributed by atoms with Crippen LogP contribution < -0.4 is 11.0 Å². The Morgan fingerprint density at radius 1 is 1.39 bits per heavy atom. The Balaban J connectivity index is 2.10. The fourth-order valence-corrected chi connectivity index (χ4v) is 1.17. The third kappa shape index (κ3) is 2.82. The van der Waals surface area contributed by atoms with E-state index in [9.17, 15) is 9.90 Å². The van der Waals surface area contributed by atoms with Crippen LogP contribution in [0.2, 0.25) is 0 Å². The van der Waals surface area contributed by atoms with Gasteiger partial charge in [-0.3, -0.25) is 9.78 Å². The Morgan fingerprint density at radius 3 is 2.94 bits per heavy atom. The number of benzene rings is 1. The van der Waals surface area contributed by atoms with E-state index in [4.69, 9.17) is 5.11 Å². The normalized spacial score (nSPS) is 10.7. The fourth-order valence-electron chi connectivity index (χ4n) is 1.17. The number of hydrazone groups is 1. The molecule has 0 aliphatic heterocycles. The quantitative estimate of drug-likeness (QED) is 0.448. The Morgan fingerprint density at radius 2 is 2.22 bits per heavy atom. The minimum atomic E-state index is -0.407. The monoisotopic (exact) mass is 247 g/mol. The van der Waals surface area contributed by atoms with E-state index in [1.165, 1.54) is 24.4 Å². The number of nitrogens with one attached hydrogen (secondary N) is 2. The molecule has 0 amide bonds. The highest BCUT2D eigenvalue weighted by Crippen LogP contribution is 2.20. The summed E-state index contributed by atoms with van der Waals surface area (Å²) in [5, 5.41) is 29.3. The molecule has 0 aliphatic carbocycles. The van der Waals surface area contributed by atoms with Crippen LogP contribution in [0.4, 0.5) is 5.95 Å². The van der Waals surface area contributed by atoms with Gasteiger partial charge in [-0.25, -0.2) is 5.43 Å². The maximum atomic E-state index is 10.9. The van der Waals surface area contributed by atoms with Crippen LogP contribution in [-0.2, 0) is 0 Å². The molecule has 92 valence electrons. The molecular weight excluding hydrogens is 238 g/mol. The highest BCUT2D eigenvalue weighted by atomic mass is 16.3. The van der Waals surface area contributed by atoms with Crippen molar-refractivity contribution in [2.24, 2.45) is 5.10 Å². The molecule has 8 heteroatoms. The van der Waals surface area contributed by atoms with Crippen LogP contribution in [0.15, 0.2) is 34.3 Å². The van der Waals surface area contributed by atoms with Gasteiger partial charge < -0.3 is 10.2 Å². The van der Waals surface area contributed by atoms with E-state index in [2.05, 4.69) is 25.7 Å². The SMILES string of the molecule is O=c1cnnc(NN=Cc2ccc(O)cc2O)[nH]1. The number of nitrogens with zero attached hydrogens (tertiary/aromatic N) is 3. The van der Waals surface area contributed by atoms with Crippen LogP contribution in [0.1, 0.15) is 5.56 Å². The van der Waals surface area contributed by atoms with E-state index in [1.54, 1.807) is 0 Å². The lowest BCUT2D eigenvalue weighted by molar-refractivity contribution is 0.450. The third-order valence-electron chi connectivity index (χ3n) is 1.96. The van der Waals surface area contributed by atoms with Crippen molar-refractivity contribution < 1.29 is 10.2 Å². The van der Waals surface area contributed by atoms with Crippen molar-refractivity contribution >= 4 is 12.2 Å². The Kier molecular flexibility index (Phi) is 3.19. The fraction of sp³-hybridized carbons (Fsp3) is 0. The van der Waals surface area contributed by atoms with Gasteiger partial charge in [0.15, 0.2) is 0 Å². The molecule has 4 N–H and O–H groups in total. The van der Waals surface area contributed by atoms with E-state index < -0.39 is 5.56 Å². The third-order valence-corrected chi connectivity index (χ3v) is 1.96. The number of phenolic OH excluding ortho intramolecular Hbond substituents is 2. The molecule has 1 aromatic carbocycles. The molecule has 0 atom stereocenters. The van der Waals surface area contributed by atoms with Crippen LogP contribution in [0.3, 0.4) is 0 Å². The highest BCUT2D eigenvalue weighted by molar-refractivity contribution is 5.84. The van der Waals surface area contributed by atoms with Gasteiger partial charge in [0.1, 0.15) is 17.7 Å². The predicted octanol–water partition coefficient (Wildman–Crippen LogP) is 0.0221. The van der Waals surface area contributed by atoms with Crippen molar-refractivity contribution in [3.05, 3.63) is 40.3 Å². The van der Waals surface area contributed by atoms with Gasteiger partial charge in [-0.15, -0.1) is 10.2 Å². The smallest absolute Gasteiger partial charge is 0.271 e. The van der Waals surface area contributed by atoms with Crippen LogP contribution in [-0.4, -0.2) is 31.6 Å². The molecule has 2 aromatic rings. The minimum Gasteiger partial charge on any atom is -0.508 e. The van der Waals surface area contributed by atoms with Gasteiger partial charge in [0.2, 0.25) is 5.95 Å². The summed E-state index contributed by atoms with van der Waals surface area (Å²) in [5.41, 5.74) is 2.43. The molecule has 0 aliphatic rings. The summed E-state index contributed by atoms with van der Waals surface area (Å²) in [5.74, 6) is -0.0823. The summed E-state index contributed by atoms with van der Waals surface area (Å²) >= 11 is 0. The minimum absolute atomic E-state index is 0.0455. The molecule has 18 heavy (non-hydrogen) atoms. The molecule has 0 radical (unpaired) electrons. The standard InChI is InChI=1S/C10H9N5O3/c16-7-2-1-6(8(17)3-7)4-11-14-10-13-9(18)5-12-15-10/h1-5,16-17H,(H2,13,14,15,18). The first-order valence-corrected chi connectivity index (χ1v) is 4.88. The zero-order valence-corrected chi connectivity index (χ0v) is 9.03. The largest absolute Gasteiger partial charge is 0.508 e. The van der Waals surface area contributed by atoms with Crippen molar-refractivity contribution in [1.82, 2.24) is 15.2 Å². The lowest BCUT2D eigenvalue weighted by Crippen LogP contribution is -2.10. The maximum absolute atomic E-state index is 10.9. The van der Waals surface area contributed by atoms with Gasteiger partial charge in [0.05, 0.1) is 6.21 Å². The topological polar surface area (TPSA) is 123 Å². The predicted molar refractivity (Wildman–Crippen MR) is 63.6 cm³/mol. The van der Waals surface area contributed by atoms with Gasteiger partial charge in [-0.05, 0) is 12.1 Å². The number of anilines is 1. The lowest BCUT2D eigenvalue weighted by Gasteiger charge is -1.99. The number of rotatable bonds is 3. The molecule has 8 nitrogen and oxygen atoms in total. The molecule has 0 fully saturated rings. The second-order valence-corrected chi connectivity index (χ2v) is 3.30. The van der Waals surface area contributed by atoms with Crippen molar-refractivity contribution in [2.45, 2.75) is 0 Å². The van der Waals surface area contributed by atoms with E-state index in [0.717, 1.165) is 6.20 Å². The van der Waals surface area contributed by atoms with Crippen molar-refractivity contribution in [3.8, 4) is 11.5 Å². The number of phenols is 2. The molecular formula is C10H9N5O3. The Bertz CT molecular complexity index is 637. The van der Waals surface area contributed by atoms with Gasteiger partial charge in [-0.1, -0.05) is 0 Å². The van der Waals surface area contributed by atoms with E-state index in [-0.39, 0.29) is 17.4 Å². The molecule has 0 unspecified atom stereocenters. The average molecular weight is 247 g/mol. The van der Waals surface area contributed by atoms with Gasteiger partial charge in [-0.2, -0.15) is 5.10 Å². The molecule has 0 bridgehead atoms. The first kappa shape index (κ1) is 11.6. The summed E-state index contributed by atoms with van der Waals surface area (Å²) in [6.07, 6.45) is 2.34. The number of hydrogen-bond donors (Lipinski definition) is 4. The van der Waals surface area contributed by atoms with Gasteiger partial charge in [0, 0.05) is 11.6 Å². The van der Waals surface area contributed by atoms with Crippen molar-refractivity contribution in [3.63, 3.8) is 0 Å². The van der Waals surface area contributed by atoms with Crippen molar-refractivity contribution in [2.75, 3.05) is 5.43 Å². The molecule has 1 heterocycles. The Hall–Kier alpha value is -2.90. The average Bonchev–Trinajstić information content (AvgIpc) is 2.32. The molecule has 0 saturated carbocycles. The van der Waals surface area contributed by atoms with Gasteiger partial charge in [0.25, 0.3) is 5.56 Å².